The first-order valence-electron chi connectivity index (χ1n) is 4.41. The first kappa shape index (κ1) is 12.4. The van der Waals surface area contributed by atoms with Crippen molar-refractivity contribution < 1.29 is 8.42 Å². The van der Waals surface area contributed by atoms with Crippen LogP contribution in [0.3, 0.4) is 0 Å². The Bertz CT molecular complexity index is 398. The molecule has 0 bridgehead atoms. The maximum absolute atomic E-state index is 11.1. The molecule has 1 aromatic heterocycles. The highest BCUT2D eigenvalue weighted by Crippen LogP contribution is 2.12. The molecule has 15 heavy (non-hydrogen) atoms. The lowest BCUT2D eigenvalue weighted by Gasteiger charge is -2.24. The molecule has 0 spiro atoms. The van der Waals surface area contributed by atoms with Gasteiger partial charge in [0.25, 0.3) is 0 Å². The van der Waals surface area contributed by atoms with Gasteiger partial charge in [-0.15, -0.1) is 11.3 Å². The summed E-state index contributed by atoms with van der Waals surface area (Å²) in [6.45, 7) is 4.12. The van der Waals surface area contributed by atoms with Gasteiger partial charge in [-0.2, -0.15) is 0 Å². The zero-order valence-electron chi connectivity index (χ0n) is 8.94. The van der Waals surface area contributed by atoms with Gasteiger partial charge in [-0.3, -0.25) is 0 Å². The smallest absolute Gasteiger partial charge is 0.209 e. The van der Waals surface area contributed by atoms with E-state index in [0.717, 1.165) is 11.4 Å². The third-order valence-electron chi connectivity index (χ3n) is 1.58. The van der Waals surface area contributed by atoms with Gasteiger partial charge < -0.3 is 5.32 Å². The van der Waals surface area contributed by atoms with Crippen molar-refractivity contribution in [1.29, 1.82) is 0 Å². The van der Waals surface area contributed by atoms with E-state index < -0.39 is 15.6 Å². The summed E-state index contributed by atoms with van der Waals surface area (Å²) in [6.07, 6.45) is 2.85. The van der Waals surface area contributed by atoms with E-state index in [2.05, 4.69) is 15.0 Å². The Morgan fingerprint density at radius 2 is 2.20 bits per heavy atom. The van der Waals surface area contributed by atoms with Crippen LogP contribution in [0.15, 0.2) is 11.6 Å². The Morgan fingerprint density at radius 3 is 2.67 bits per heavy atom. The molecular weight excluding hydrogens is 234 g/mol. The number of nitrogens with one attached hydrogen (secondary N) is 2. The van der Waals surface area contributed by atoms with Crippen LogP contribution in [-0.2, 0) is 10.0 Å². The summed E-state index contributed by atoms with van der Waals surface area (Å²) in [5, 5.41) is 5.72. The predicted octanol–water partition coefficient (Wildman–Crippen LogP) is 0.883. The fraction of sp³-hybridized carbons (Fsp3) is 0.625. The van der Waals surface area contributed by atoms with Crippen LogP contribution in [0.2, 0.25) is 0 Å². The zero-order valence-corrected chi connectivity index (χ0v) is 10.6. The lowest BCUT2D eigenvalue weighted by Crippen LogP contribution is -2.47. The first-order valence-corrected chi connectivity index (χ1v) is 7.18. The molecular formula is C8H15N3O2S2. The summed E-state index contributed by atoms with van der Waals surface area (Å²) in [5.41, 5.74) is -0.529. The largest absolute Gasteiger partial charge is 0.360 e. The van der Waals surface area contributed by atoms with Crippen LogP contribution in [0, 0.1) is 0 Å². The van der Waals surface area contributed by atoms with Gasteiger partial charge in [0.2, 0.25) is 10.0 Å². The van der Waals surface area contributed by atoms with Gasteiger partial charge >= 0.3 is 0 Å². The summed E-state index contributed by atoms with van der Waals surface area (Å²) < 4.78 is 24.7. The second-order valence-corrected chi connectivity index (χ2v) is 6.59. The quantitative estimate of drug-likeness (QED) is 0.813. The van der Waals surface area contributed by atoms with Gasteiger partial charge in [-0.25, -0.2) is 18.1 Å². The maximum atomic E-state index is 11.1. The summed E-state index contributed by atoms with van der Waals surface area (Å²) in [7, 11) is -3.18. The molecule has 1 aromatic rings. The molecule has 86 valence electrons. The van der Waals surface area contributed by atoms with Gasteiger partial charge in [0.1, 0.15) is 0 Å². The normalized spacial score (nSPS) is 12.7. The van der Waals surface area contributed by atoms with E-state index in [1.165, 1.54) is 11.3 Å². The Kier molecular flexibility index (Phi) is 3.69. The minimum atomic E-state index is -3.18. The van der Waals surface area contributed by atoms with Crippen LogP contribution in [0.1, 0.15) is 13.8 Å². The van der Waals surface area contributed by atoms with Crippen molar-refractivity contribution in [1.82, 2.24) is 9.71 Å². The molecule has 2 N–H and O–H groups in total. The van der Waals surface area contributed by atoms with Gasteiger partial charge in [0.05, 0.1) is 6.26 Å². The molecule has 0 aliphatic heterocycles. The Labute approximate surface area is 94.0 Å². The third kappa shape index (κ3) is 5.10. The van der Waals surface area contributed by atoms with E-state index in [0.29, 0.717) is 6.54 Å². The van der Waals surface area contributed by atoms with E-state index in [4.69, 9.17) is 0 Å². The lowest BCUT2D eigenvalue weighted by atomic mass is 10.1. The number of sulfonamides is 1. The van der Waals surface area contributed by atoms with E-state index in [1.54, 1.807) is 6.20 Å². The summed E-state index contributed by atoms with van der Waals surface area (Å²) in [6, 6.07) is 0. The summed E-state index contributed by atoms with van der Waals surface area (Å²) in [4.78, 5) is 4.05. The molecule has 1 heterocycles. The van der Waals surface area contributed by atoms with Crippen molar-refractivity contribution in [3.05, 3.63) is 11.6 Å². The number of thiazole rings is 1. The second-order valence-electron chi connectivity index (χ2n) is 3.95. The standard InChI is InChI=1S/C8H15N3O2S2/c1-8(2,11-15(3,12)13)6-10-7-9-4-5-14-7/h4-5,11H,6H2,1-3H3,(H,9,10). The van der Waals surface area contributed by atoms with E-state index in [-0.39, 0.29) is 0 Å². The Balaban J connectivity index is 2.50. The van der Waals surface area contributed by atoms with E-state index in [1.807, 2.05) is 19.2 Å². The van der Waals surface area contributed by atoms with Gasteiger partial charge in [-0.1, -0.05) is 0 Å². The van der Waals surface area contributed by atoms with Crippen LogP contribution in [-0.4, -0.2) is 31.7 Å². The summed E-state index contributed by atoms with van der Waals surface area (Å²) >= 11 is 1.48. The topological polar surface area (TPSA) is 71.1 Å². The average Bonchev–Trinajstić information content (AvgIpc) is 2.47. The summed E-state index contributed by atoms with van der Waals surface area (Å²) in [5.74, 6) is 0. The molecule has 0 amide bonds. The molecule has 0 fully saturated rings. The van der Waals surface area contributed by atoms with E-state index >= 15 is 0 Å². The third-order valence-corrected chi connectivity index (χ3v) is 3.23. The van der Waals surface area contributed by atoms with Crippen LogP contribution in [0.4, 0.5) is 5.13 Å². The molecule has 0 radical (unpaired) electrons. The second kappa shape index (κ2) is 4.46. The van der Waals surface area contributed by atoms with Crippen molar-refractivity contribution in [3.63, 3.8) is 0 Å². The molecule has 7 heteroatoms. The fourth-order valence-corrected chi connectivity index (χ4v) is 2.75. The Morgan fingerprint density at radius 1 is 1.53 bits per heavy atom. The zero-order chi connectivity index (χ0) is 11.5. The minimum Gasteiger partial charge on any atom is -0.360 e. The van der Waals surface area contributed by atoms with Crippen molar-refractivity contribution >= 4 is 26.5 Å². The molecule has 0 aromatic carbocycles. The van der Waals surface area contributed by atoms with Crippen molar-refractivity contribution in [2.24, 2.45) is 0 Å². The molecule has 0 aliphatic carbocycles. The number of nitrogens with zero attached hydrogens (tertiary/aromatic N) is 1. The number of hydrogen-bond acceptors (Lipinski definition) is 5. The predicted molar refractivity (Wildman–Crippen MR) is 62.7 cm³/mol. The molecule has 0 unspecified atom stereocenters. The molecule has 0 atom stereocenters. The van der Waals surface area contributed by atoms with Crippen molar-refractivity contribution in [3.8, 4) is 0 Å². The van der Waals surface area contributed by atoms with Gasteiger partial charge in [0.15, 0.2) is 5.13 Å². The molecule has 0 saturated heterocycles. The van der Waals surface area contributed by atoms with E-state index in [9.17, 15) is 8.42 Å². The van der Waals surface area contributed by atoms with Crippen LogP contribution in [0.5, 0.6) is 0 Å². The van der Waals surface area contributed by atoms with Gasteiger partial charge in [0, 0.05) is 23.7 Å². The first-order chi connectivity index (χ1) is 6.79. The molecule has 1 rings (SSSR count). The van der Waals surface area contributed by atoms with Crippen molar-refractivity contribution in [2.75, 3.05) is 18.1 Å². The number of hydrogen-bond donors (Lipinski definition) is 2. The lowest BCUT2D eigenvalue weighted by molar-refractivity contribution is 0.476. The molecule has 0 saturated carbocycles. The SMILES string of the molecule is CC(C)(CNc1nccs1)NS(C)(=O)=O. The monoisotopic (exact) mass is 249 g/mol. The van der Waals surface area contributed by atoms with Gasteiger partial charge in [-0.05, 0) is 13.8 Å². The van der Waals surface area contributed by atoms with Crippen LogP contribution in [0.25, 0.3) is 0 Å². The van der Waals surface area contributed by atoms with Crippen LogP contribution < -0.4 is 10.0 Å². The fourth-order valence-electron chi connectivity index (χ4n) is 1.15. The minimum absolute atomic E-state index is 0.494. The number of anilines is 1. The molecule has 0 aliphatic rings. The molecule has 5 nitrogen and oxygen atoms in total. The van der Waals surface area contributed by atoms with Crippen LogP contribution >= 0.6 is 11.3 Å². The number of rotatable bonds is 5. The highest BCUT2D eigenvalue weighted by molar-refractivity contribution is 7.88. The average molecular weight is 249 g/mol. The highest BCUT2D eigenvalue weighted by Gasteiger charge is 2.21. The Hall–Kier alpha value is -0.660. The maximum Gasteiger partial charge on any atom is 0.209 e. The highest BCUT2D eigenvalue weighted by atomic mass is 32.2. The van der Waals surface area contributed by atoms with Crippen molar-refractivity contribution in [2.45, 2.75) is 19.4 Å². The number of aromatic nitrogens is 1.